The lowest BCUT2D eigenvalue weighted by Gasteiger charge is -2.23. The fourth-order valence-corrected chi connectivity index (χ4v) is 2.48. The van der Waals surface area contributed by atoms with Gasteiger partial charge in [0.15, 0.2) is 0 Å². The zero-order valence-electron chi connectivity index (χ0n) is 11.8. The molecule has 0 aliphatic carbocycles. The van der Waals surface area contributed by atoms with E-state index in [-0.39, 0.29) is 0 Å². The third kappa shape index (κ3) is 2.93. The SMILES string of the molecule is CC(C)N1CCC(Nc2cnccc2N(C)C)C1. The van der Waals surface area contributed by atoms with Crippen LogP contribution in [0, 0.1) is 0 Å². The van der Waals surface area contributed by atoms with Gasteiger partial charge in [0.2, 0.25) is 0 Å². The van der Waals surface area contributed by atoms with Crippen LogP contribution in [0.25, 0.3) is 0 Å². The molecular weight excluding hydrogens is 224 g/mol. The molecule has 1 aliphatic rings. The van der Waals surface area contributed by atoms with Gasteiger partial charge in [-0.25, -0.2) is 0 Å². The standard InChI is InChI=1S/C14H24N4/c1-11(2)18-8-6-12(10-18)16-13-9-15-7-5-14(13)17(3)4/h5,7,9,11-12,16H,6,8,10H2,1-4H3. The minimum atomic E-state index is 0.537. The Morgan fingerprint density at radius 2 is 2.22 bits per heavy atom. The van der Waals surface area contributed by atoms with E-state index < -0.39 is 0 Å². The average Bonchev–Trinajstić information content (AvgIpc) is 2.78. The summed E-state index contributed by atoms with van der Waals surface area (Å²) >= 11 is 0. The second-order valence-electron chi connectivity index (χ2n) is 5.51. The first-order chi connectivity index (χ1) is 8.58. The van der Waals surface area contributed by atoms with Crippen molar-refractivity contribution in [2.75, 3.05) is 37.4 Å². The molecule has 0 amide bonds. The molecule has 1 saturated heterocycles. The number of pyridine rings is 1. The van der Waals surface area contributed by atoms with Crippen LogP contribution in [0.1, 0.15) is 20.3 Å². The Morgan fingerprint density at radius 1 is 1.44 bits per heavy atom. The molecular formula is C14H24N4. The van der Waals surface area contributed by atoms with E-state index in [9.17, 15) is 0 Å². The van der Waals surface area contributed by atoms with Crippen LogP contribution < -0.4 is 10.2 Å². The summed E-state index contributed by atoms with van der Waals surface area (Å²) in [6, 6.07) is 3.23. The topological polar surface area (TPSA) is 31.4 Å². The predicted octanol–water partition coefficient (Wildman–Crippen LogP) is 2.04. The van der Waals surface area contributed by atoms with Gasteiger partial charge in [0.05, 0.1) is 17.6 Å². The maximum absolute atomic E-state index is 4.22. The first-order valence-electron chi connectivity index (χ1n) is 6.70. The van der Waals surface area contributed by atoms with Crippen molar-refractivity contribution in [1.82, 2.24) is 9.88 Å². The number of aromatic nitrogens is 1. The van der Waals surface area contributed by atoms with E-state index in [2.05, 4.69) is 54.1 Å². The molecule has 1 aliphatic heterocycles. The summed E-state index contributed by atoms with van der Waals surface area (Å²) in [6.45, 7) is 6.84. The lowest BCUT2D eigenvalue weighted by molar-refractivity contribution is 0.274. The molecule has 1 aromatic heterocycles. The van der Waals surface area contributed by atoms with Crippen LogP contribution in [-0.2, 0) is 0 Å². The van der Waals surface area contributed by atoms with Gasteiger partial charge in [-0.1, -0.05) is 0 Å². The quantitative estimate of drug-likeness (QED) is 0.883. The maximum Gasteiger partial charge on any atom is 0.0766 e. The predicted molar refractivity (Wildman–Crippen MR) is 77.3 cm³/mol. The van der Waals surface area contributed by atoms with E-state index in [1.54, 1.807) is 0 Å². The molecule has 100 valence electrons. The molecule has 1 unspecified atom stereocenters. The summed E-state index contributed by atoms with van der Waals surface area (Å²) in [6.07, 6.45) is 4.98. The van der Waals surface area contributed by atoms with Crippen molar-refractivity contribution < 1.29 is 0 Å². The molecule has 1 fully saturated rings. The van der Waals surface area contributed by atoms with E-state index in [0.717, 1.165) is 12.2 Å². The normalized spacial score (nSPS) is 20.4. The molecule has 1 atom stereocenters. The molecule has 18 heavy (non-hydrogen) atoms. The zero-order valence-corrected chi connectivity index (χ0v) is 11.8. The molecule has 4 heteroatoms. The highest BCUT2D eigenvalue weighted by molar-refractivity contribution is 5.68. The van der Waals surface area contributed by atoms with Crippen LogP contribution in [0.15, 0.2) is 18.5 Å². The summed E-state index contributed by atoms with van der Waals surface area (Å²) in [5.41, 5.74) is 2.34. The van der Waals surface area contributed by atoms with Gasteiger partial charge < -0.3 is 10.2 Å². The third-order valence-corrected chi connectivity index (χ3v) is 3.59. The van der Waals surface area contributed by atoms with E-state index in [1.807, 2.05) is 12.4 Å². The van der Waals surface area contributed by atoms with Crippen LogP contribution >= 0.6 is 0 Å². The lowest BCUT2D eigenvalue weighted by atomic mass is 10.2. The van der Waals surface area contributed by atoms with Crippen LogP contribution in [0.5, 0.6) is 0 Å². The largest absolute Gasteiger partial charge is 0.378 e. The van der Waals surface area contributed by atoms with E-state index in [4.69, 9.17) is 0 Å². The van der Waals surface area contributed by atoms with Gasteiger partial charge in [-0.3, -0.25) is 9.88 Å². The Labute approximate surface area is 110 Å². The molecule has 0 bridgehead atoms. The van der Waals surface area contributed by atoms with Crippen molar-refractivity contribution >= 4 is 11.4 Å². The van der Waals surface area contributed by atoms with Gasteiger partial charge in [0, 0.05) is 45.5 Å². The van der Waals surface area contributed by atoms with Crippen molar-refractivity contribution in [3.63, 3.8) is 0 Å². The smallest absolute Gasteiger partial charge is 0.0766 e. The second kappa shape index (κ2) is 5.57. The minimum Gasteiger partial charge on any atom is -0.378 e. The minimum absolute atomic E-state index is 0.537. The van der Waals surface area contributed by atoms with Crippen LogP contribution in [-0.4, -0.2) is 49.2 Å². The van der Waals surface area contributed by atoms with Crippen molar-refractivity contribution in [1.29, 1.82) is 0 Å². The second-order valence-corrected chi connectivity index (χ2v) is 5.51. The summed E-state index contributed by atoms with van der Waals surface area (Å²) < 4.78 is 0. The van der Waals surface area contributed by atoms with E-state index in [1.165, 1.54) is 18.7 Å². The fourth-order valence-electron chi connectivity index (χ4n) is 2.48. The Morgan fingerprint density at radius 3 is 2.83 bits per heavy atom. The van der Waals surface area contributed by atoms with Crippen molar-refractivity contribution in [2.45, 2.75) is 32.4 Å². The molecule has 2 rings (SSSR count). The number of likely N-dealkylation sites (tertiary alicyclic amines) is 1. The number of anilines is 2. The van der Waals surface area contributed by atoms with Gasteiger partial charge in [0.25, 0.3) is 0 Å². The molecule has 0 aromatic carbocycles. The Balaban J connectivity index is 2.02. The number of hydrogen-bond donors (Lipinski definition) is 1. The lowest BCUT2D eigenvalue weighted by Crippen LogP contribution is -2.31. The van der Waals surface area contributed by atoms with Gasteiger partial charge in [-0.15, -0.1) is 0 Å². The molecule has 2 heterocycles. The summed E-state index contributed by atoms with van der Waals surface area (Å²) in [7, 11) is 4.13. The number of nitrogens with one attached hydrogen (secondary N) is 1. The van der Waals surface area contributed by atoms with E-state index >= 15 is 0 Å². The van der Waals surface area contributed by atoms with Crippen LogP contribution in [0.2, 0.25) is 0 Å². The molecule has 1 aromatic rings. The molecule has 0 saturated carbocycles. The van der Waals surface area contributed by atoms with Gasteiger partial charge in [-0.2, -0.15) is 0 Å². The number of rotatable bonds is 4. The van der Waals surface area contributed by atoms with Crippen molar-refractivity contribution in [3.8, 4) is 0 Å². The van der Waals surface area contributed by atoms with E-state index in [0.29, 0.717) is 12.1 Å². The summed E-state index contributed by atoms with van der Waals surface area (Å²) in [4.78, 5) is 8.86. The molecule has 0 radical (unpaired) electrons. The average molecular weight is 248 g/mol. The molecule has 4 nitrogen and oxygen atoms in total. The first-order valence-corrected chi connectivity index (χ1v) is 6.70. The van der Waals surface area contributed by atoms with Gasteiger partial charge >= 0.3 is 0 Å². The monoisotopic (exact) mass is 248 g/mol. The summed E-state index contributed by atoms with van der Waals surface area (Å²) in [5.74, 6) is 0. The Kier molecular flexibility index (Phi) is 4.07. The van der Waals surface area contributed by atoms with Crippen molar-refractivity contribution in [2.24, 2.45) is 0 Å². The van der Waals surface area contributed by atoms with Crippen LogP contribution in [0.3, 0.4) is 0 Å². The summed E-state index contributed by atoms with van der Waals surface area (Å²) in [5, 5.41) is 3.63. The Bertz CT molecular complexity index is 389. The fraction of sp³-hybridized carbons (Fsp3) is 0.643. The first kappa shape index (κ1) is 13.1. The molecule has 0 spiro atoms. The van der Waals surface area contributed by atoms with Gasteiger partial charge in [-0.05, 0) is 26.3 Å². The third-order valence-electron chi connectivity index (χ3n) is 3.59. The highest BCUT2D eigenvalue weighted by atomic mass is 15.2. The zero-order chi connectivity index (χ0) is 13.1. The highest BCUT2D eigenvalue weighted by Crippen LogP contribution is 2.25. The van der Waals surface area contributed by atoms with Crippen molar-refractivity contribution in [3.05, 3.63) is 18.5 Å². The van der Waals surface area contributed by atoms with Gasteiger partial charge in [0.1, 0.15) is 0 Å². The molecule has 1 N–H and O–H groups in total. The number of hydrogen-bond acceptors (Lipinski definition) is 4. The Hall–Kier alpha value is -1.29. The number of nitrogens with zero attached hydrogens (tertiary/aromatic N) is 3. The highest BCUT2D eigenvalue weighted by Gasteiger charge is 2.24. The van der Waals surface area contributed by atoms with Crippen LogP contribution in [0.4, 0.5) is 11.4 Å². The maximum atomic E-state index is 4.22.